The lowest BCUT2D eigenvalue weighted by atomic mass is 10.0. The maximum Gasteiger partial charge on any atom is 0.251 e. The number of halogens is 2. The molecule has 0 aromatic heterocycles. The highest BCUT2D eigenvalue weighted by atomic mass is 32.2. The number of anilines is 1. The molecule has 0 fully saturated rings. The summed E-state index contributed by atoms with van der Waals surface area (Å²) < 4.78 is 53.2. The largest absolute Gasteiger partial charge is 0.340 e. The van der Waals surface area contributed by atoms with Gasteiger partial charge in [-0.3, -0.25) is 9.59 Å². The van der Waals surface area contributed by atoms with Gasteiger partial charge in [-0.05, 0) is 74.7 Å². The molecule has 2 amide bonds. The van der Waals surface area contributed by atoms with Crippen molar-refractivity contribution in [3.63, 3.8) is 0 Å². The summed E-state index contributed by atoms with van der Waals surface area (Å²) in [5, 5.41) is 5.32. The number of carbonyl (C=O) groups excluding carboxylic acids is 2. The molecule has 1 atom stereocenters. The Kier molecular flexibility index (Phi) is 8.68. The molecule has 0 spiro atoms. The number of hydrogen-bond acceptors (Lipinski definition) is 4. The van der Waals surface area contributed by atoms with Crippen LogP contribution in [0.5, 0.6) is 0 Å². The minimum absolute atomic E-state index is 0.0784. The maximum atomic E-state index is 13.1. The summed E-state index contributed by atoms with van der Waals surface area (Å²) in [6.07, 6.45) is 0.355. The molecule has 0 bridgehead atoms. The van der Waals surface area contributed by atoms with Gasteiger partial charge in [-0.25, -0.2) is 21.9 Å². The van der Waals surface area contributed by atoms with Crippen LogP contribution in [0, 0.1) is 11.7 Å². The van der Waals surface area contributed by atoms with Crippen LogP contribution in [-0.2, 0) is 14.8 Å². The van der Waals surface area contributed by atoms with E-state index in [1.165, 1.54) is 50.2 Å². The van der Waals surface area contributed by atoms with Crippen LogP contribution in [0.4, 0.5) is 14.5 Å². The normalized spacial score (nSPS) is 12.9. The highest BCUT2D eigenvalue weighted by molar-refractivity contribution is 7.89. The van der Waals surface area contributed by atoms with E-state index in [9.17, 15) is 26.8 Å². The second-order valence-electron chi connectivity index (χ2n) is 8.80. The second kappa shape index (κ2) is 10.8. The number of carbonyl (C=O) groups is 2. The van der Waals surface area contributed by atoms with E-state index in [0.29, 0.717) is 12.1 Å². The molecular weight excluding hydrogens is 452 g/mol. The fraction of sp³-hybridized carbons (Fsp3) is 0.391. The van der Waals surface area contributed by atoms with Crippen molar-refractivity contribution in [3.8, 4) is 0 Å². The van der Waals surface area contributed by atoms with Gasteiger partial charge in [0, 0.05) is 11.3 Å². The highest BCUT2D eigenvalue weighted by Crippen LogP contribution is 2.18. The predicted octanol–water partition coefficient (Wildman–Crippen LogP) is 3.64. The van der Waals surface area contributed by atoms with Gasteiger partial charge < -0.3 is 10.6 Å². The van der Waals surface area contributed by atoms with Gasteiger partial charge in [0.1, 0.15) is 18.5 Å². The number of amides is 2. The molecule has 2 aromatic rings. The standard InChI is InChI=1S/C23H29F2N3O4S/c1-15(2)13-20(27-21(29)16-5-7-17(25)8-6-16)22(30)26-18-9-11-19(12-10-18)33(31,32)28-23(3,4)14-24/h5-12,15,20,28H,13-14H2,1-4H3,(H,26,30)(H,27,29)/t20-/m0/s1. The Bertz CT molecular complexity index is 1070. The van der Waals surface area contributed by atoms with Gasteiger partial charge >= 0.3 is 0 Å². The molecule has 0 radical (unpaired) electrons. The smallest absolute Gasteiger partial charge is 0.251 e. The van der Waals surface area contributed by atoms with Crippen LogP contribution in [0.25, 0.3) is 0 Å². The Morgan fingerprint density at radius 1 is 1.00 bits per heavy atom. The van der Waals surface area contributed by atoms with Gasteiger partial charge in [0.25, 0.3) is 5.91 Å². The first-order valence-electron chi connectivity index (χ1n) is 10.4. The van der Waals surface area contributed by atoms with Crippen molar-refractivity contribution in [2.24, 2.45) is 5.92 Å². The van der Waals surface area contributed by atoms with Crippen LogP contribution >= 0.6 is 0 Å². The van der Waals surface area contributed by atoms with Crippen molar-refractivity contribution in [2.45, 2.75) is 50.6 Å². The van der Waals surface area contributed by atoms with E-state index in [4.69, 9.17) is 0 Å². The maximum absolute atomic E-state index is 13.1. The van der Waals surface area contributed by atoms with Gasteiger partial charge in [0.15, 0.2) is 0 Å². The number of rotatable bonds is 10. The van der Waals surface area contributed by atoms with Gasteiger partial charge in [-0.15, -0.1) is 0 Å². The summed E-state index contributed by atoms with van der Waals surface area (Å²) in [5.74, 6) is -1.38. The first-order chi connectivity index (χ1) is 15.3. The van der Waals surface area contributed by atoms with Crippen molar-refractivity contribution < 1.29 is 26.8 Å². The number of benzene rings is 2. The molecule has 180 valence electrons. The molecule has 0 saturated heterocycles. The molecule has 10 heteroatoms. The van der Waals surface area contributed by atoms with E-state index in [0.717, 1.165) is 12.1 Å². The minimum atomic E-state index is -3.94. The Hall–Kier alpha value is -2.85. The molecule has 0 aliphatic heterocycles. The fourth-order valence-corrected chi connectivity index (χ4v) is 4.34. The van der Waals surface area contributed by atoms with Gasteiger partial charge in [-0.1, -0.05) is 13.8 Å². The van der Waals surface area contributed by atoms with Crippen molar-refractivity contribution in [2.75, 3.05) is 12.0 Å². The van der Waals surface area contributed by atoms with Crippen LogP contribution < -0.4 is 15.4 Å². The molecule has 0 aliphatic rings. The third-order valence-corrected chi connectivity index (χ3v) is 6.33. The topological polar surface area (TPSA) is 104 Å². The highest BCUT2D eigenvalue weighted by Gasteiger charge is 2.27. The molecular formula is C23H29F2N3O4S. The summed E-state index contributed by atoms with van der Waals surface area (Å²) >= 11 is 0. The lowest BCUT2D eigenvalue weighted by molar-refractivity contribution is -0.118. The van der Waals surface area contributed by atoms with Crippen LogP contribution in [0.1, 0.15) is 44.5 Å². The minimum Gasteiger partial charge on any atom is -0.340 e. The molecule has 3 N–H and O–H groups in total. The van der Waals surface area contributed by atoms with Gasteiger partial charge in [0.05, 0.1) is 10.4 Å². The third kappa shape index (κ3) is 7.90. The number of alkyl halides is 1. The predicted molar refractivity (Wildman–Crippen MR) is 123 cm³/mol. The van der Waals surface area contributed by atoms with Gasteiger partial charge in [-0.2, -0.15) is 0 Å². The summed E-state index contributed by atoms with van der Waals surface area (Å²) in [6, 6.07) is 9.50. The third-order valence-electron chi connectivity index (χ3n) is 4.61. The van der Waals surface area contributed by atoms with Crippen molar-refractivity contribution in [1.82, 2.24) is 10.0 Å². The number of hydrogen-bond donors (Lipinski definition) is 3. The van der Waals surface area contributed by atoms with E-state index < -0.39 is 45.9 Å². The zero-order chi connectivity index (χ0) is 24.8. The molecule has 0 unspecified atom stereocenters. The van der Waals surface area contributed by atoms with E-state index in [-0.39, 0.29) is 16.4 Å². The van der Waals surface area contributed by atoms with Crippen molar-refractivity contribution in [3.05, 3.63) is 59.9 Å². The quantitative estimate of drug-likeness (QED) is 0.482. The average Bonchev–Trinajstić information content (AvgIpc) is 2.73. The van der Waals surface area contributed by atoms with Crippen LogP contribution in [-0.4, -0.2) is 38.5 Å². The van der Waals surface area contributed by atoms with E-state index in [2.05, 4.69) is 15.4 Å². The van der Waals surface area contributed by atoms with E-state index in [1.54, 1.807) is 0 Å². The molecule has 2 rings (SSSR count). The summed E-state index contributed by atoms with van der Waals surface area (Å²) in [4.78, 5) is 25.2. The van der Waals surface area contributed by atoms with E-state index >= 15 is 0 Å². The summed E-state index contributed by atoms with van der Waals surface area (Å²) in [5.41, 5.74) is -0.705. The van der Waals surface area contributed by atoms with Crippen LogP contribution in [0.15, 0.2) is 53.4 Å². The fourth-order valence-electron chi connectivity index (χ4n) is 2.94. The zero-order valence-corrected chi connectivity index (χ0v) is 19.8. The summed E-state index contributed by atoms with van der Waals surface area (Å²) in [6.45, 7) is 5.77. The Morgan fingerprint density at radius 2 is 1.58 bits per heavy atom. The molecule has 7 nitrogen and oxygen atoms in total. The lowest BCUT2D eigenvalue weighted by Crippen LogP contribution is -2.45. The van der Waals surface area contributed by atoms with Crippen molar-refractivity contribution in [1.29, 1.82) is 0 Å². The Balaban J connectivity index is 2.12. The van der Waals surface area contributed by atoms with Crippen LogP contribution in [0.3, 0.4) is 0 Å². The first kappa shape index (κ1) is 26.4. The zero-order valence-electron chi connectivity index (χ0n) is 19.0. The second-order valence-corrected chi connectivity index (χ2v) is 10.5. The summed E-state index contributed by atoms with van der Waals surface area (Å²) in [7, 11) is -3.94. The number of nitrogens with one attached hydrogen (secondary N) is 3. The molecule has 33 heavy (non-hydrogen) atoms. The molecule has 2 aromatic carbocycles. The molecule has 0 aliphatic carbocycles. The van der Waals surface area contributed by atoms with E-state index in [1.807, 2.05) is 13.8 Å². The molecule has 0 heterocycles. The SMILES string of the molecule is CC(C)C[C@H](NC(=O)c1ccc(F)cc1)C(=O)Nc1ccc(S(=O)(=O)NC(C)(C)CF)cc1. The van der Waals surface area contributed by atoms with Crippen LogP contribution in [0.2, 0.25) is 0 Å². The monoisotopic (exact) mass is 481 g/mol. The number of sulfonamides is 1. The first-order valence-corrected chi connectivity index (χ1v) is 11.9. The van der Waals surface area contributed by atoms with Gasteiger partial charge in [0.2, 0.25) is 15.9 Å². The Labute approximate surface area is 193 Å². The lowest BCUT2D eigenvalue weighted by Gasteiger charge is -2.22. The molecule has 0 saturated carbocycles. The Morgan fingerprint density at radius 3 is 2.09 bits per heavy atom. The average molecular weight is 482 g/mol. The van der Waals surface area contributed by atoms with Crippen molar-refractivity contribution >= 4 is 27.5 Å².